The fourth-order valence-electron chi connectivity index (χ4n) is 2.61. The van der Waals surface area contributed by atoms with Crippen LogP contribution in [0.15, 0.2) is 35.5 Å². The number of nitrogens with zero attached hydrogens (tertiary/aromatic N) is 1. The number of oxime groups is 1. The Morgan fingerprint density at radius 3 is 2.80 bits per heavy atom. The van der Waals surface area contributed by atoms with Gasteiger partial charge in [-0.3, -0.25) is 0 Å². The maximum Gasteiger partial charge on any atom is 0.141 e. The van der Waals surface area contributed by atoms with E-state index in [4.69, 9.17) is 15.7 Å². The van der Waals surface area contributed by atoms with Crippen LogP contribution in [0.4, 0.5) is 0 Å². The van der Waals surface area contributed by atoms with Crippen LogP contribution in [-0.4, -0.2) is 29.3 Å². The number of nitrogens with two attached hydrogens (primary N) is 1. The monoisotopic (exact) mass is 277 g/mol. The summed E-state index contributed by atoms with van der Waals surface area (Å²) in [7, 11) is 0. The quantitative estimate of drug-likeness (QED) is 0.333. The summed E-state index contributed by atoms with van der Waals surface area (Å²) >= 11 is 0. The Kier molecular flexibility index (Phi) is 4.62. The van der Waals surface area contributed by atoms with Crippen LogP contribution >= 0.6 is 0 Å². The molecular formula is C15H23N3O2. The average Bonchev–Trinajstić information content (AvgIpc) is 2.78. The molecule has 20 heavy (non-hydrogen) atoms. The third-order valence-electron chi connectivity index (χ3n) is 4.13. The van der Waals surface area contributed by atoms with Crippen molar-refractivity contribution in [1.82, 2.24) is 5.32 Å². The van der Waals surface area contributed by atoms with Crippen molar-refractivity contribution in [3.05, 3.63) is 35.9 Å². The smallest absolute Gasteiger partial charge is 0.141 e. The average molecular weight is 277 g/mol. The summed E-state index contributed by atoms with van der Waals surface area (Å²) in [5.41, 5.74) is 6.72. The molecule has 0 aromatic heterocycles. The summed E-state index contributed by atoms with van der Waals surface area (Å²) in [5, 5.41) is 15.5. The molecule has 1 aliphatic rings. The molecule has 2 rings (SSSR count). The molecule has 3 unspecified atom stereocenters. The highest BCUT2D eigenvalue weighted by atomic mass is 16.5. The Bertz CT molecular complexity index is 463. The normalized spacial score (nSPS) is 28.5. The number of benzene rings is 1. The molecule has 0 amide bonds. The van der Waals surface area contributed by atoms with Crippen LogP contribution in [0.5, 0.6) is 0 Å². The fourth-order valence-corrected chi connectivity index (χ4v) is 2.61. The van der Waals surface area contributed by atoms with E-state index in [0.717, 1.165) is 18.6 Å². The van der Waals surface area contributed by atoms with Gasteiger partial charge in [0.1, 0.15) is 5.84 Å². The van der Waals surface area contributed by atoms with Gasteiger partial charge in [-0.2, -0.15) is 0 Å². The lowest BCUT2D eigenvalue weighted by Gasteiger charge is -2.34. The molecule has 3 atom stereocenters. The second-order valence-corrected chi connectivity index (χ2v) is 5.58. The summed E-state index contributed by atoms with van der Waals surface area (Å²) in [6, 6.07) is 10.1. The summed E-state index contributed by atoms with van der Waals surface area (Å²) in [5.74, 6) is 0.224. The summed E-state index contributed by atoms with van der Waals surface area (Å²) < 4.78 is 5.66. The Morgan fingerprint density at radius 2 is 2.25 bits per heavy atom. The van der Waals surface area contributed by atoms with Crippen molar-refractivity contribution in [1.29, 1.82) is 0 Å². The highest BCUT2D eigenvalue weighted by molar-refractivity contribution is 5.80. The van der Waals surface area contributed by atoms with Crippen molar-refractivity contribution >= 4 is 5.84 Å². The van der Waals surface area contributed by atoms with Crippen LogP contribution in [0.3, 0.4) is 0 Å². The second kappa shape index (κ2) is 6.24. The first-order valence-corrected chi connectivity index (χ1v) is 6.96. The molecule has 4 N–H and O–H groups in total. The van der Waals surface area contributed by atoms with Crippen molar-refractivity contribution in [3.63, 3.8) is 0 Å². The van der Waals surface area contributed by atoms with Gasteiger partial charge in [-0.25, -0.2) is 0 Å². The minimum Gasteiger partial charge on any atom is -0.409 e. The van der Waals surface area contributed by atoms with E-state index in [0.29, 0.717) is 6.42 Å². The molecule has 5 heteroatoms. The molecule has 0 radical (unpaired) electrons. The summed E-state index contributed by atoms with van der Waals surface area (Å²) in [6.07, 6.45) is 1.55. The first kappa shape index (κ1) is 14.8. The first-order valence-electron chi connectivity index (χ1n) is 6.96. The van der Waals surface area contributed by atoms with Crippen molar-refractivity contribution in [2.24, 2.45) is 10.9 Å². The lowest BCUT2D eigenvalue weighted by Crippen LogP contribution is -2.50. The summed E-state index contributed by atoms with van der Waals surface area (Å²) in [6.45, 7) is 4.99. The van der Waals surface area contributed by atoms with E-state index >= 15 is 0 Å². The molecule has 5 nitrogen and oxygen atoms in total. The van der Waals surface area contributed by atoms with Crippen LogP contribution in [0.2, 0.25) is 0 Å². The van der Waals surface area contributed by atoms with Gasteiger partial charge >= 0.3 is 0 Å². The minimum atomic E-state index is -0.101. The number of hydrogen-bond acceptors (Lipinski definition) is 4. The molecule has 1 saturated heterocycles. The Morgan fingerprint density at radius 1 is 1.55 bits per heavy atom. The van der Waals surface area contributed by atoms with Crippen LogP contribution < -0.4 is 11.1 Å². The molecule has 0 spiro atoms. The minimum absolute atomic E-state index is 0.00116. The predicted octanol–water partition coefficient (Wildman–Crippen LogP) is 2.02. The maximum absolute atomic E-state index is 8.82. The van der Waals surface area contributed by atoms with Gasteiger partial charge < -0.3 is 21.0 Å². The van der Waals surface area contributed by atoms with E-state index in [1.807, 2.05) is 30.3 Å². The highest BCUT2D eigenvalue weighted by Gasteiger charge is 2.38. The van der Waals surface area contributed by atoms with E-state index in [2.05, 4.69) is 24.3 Å². The van der Waals surface area contributed by atoms with E-state index in [1.54, 1.807) is 0 Å². The van der Waals surface area contributed by atoms with Gasteiger partial charge in [0.15, 0.2) is 0 Å². The molecule has 1 aromatic carbocycles. The molecule has 0 bridgehead atoms. The second-order valence-electron chi connectivity index (χ2n) is 5.58. The molecule has 0 aliphatic carbocycles. The Balaban J connectivity index is 2.19. The van der Waals surface area contributed by atoms with Crippen molar-refractivity contribution < 1.29 is 9.94 Å². The largest absolute Gasteiger partial charge is 0.409 e. The molecule has 0 saturated carbocycles. The zero-order valence-electron chi connectivity index (χ0n) is 12.0. The Hall–Kier alpha value is -1.59. The zero-order valence-corrected chi connectivity index (χ0v) is 12.0. The topological polar surface area (TPSA) is 79.9 Å². The molecule has 1 aromatic rings. The predicted molar refractivity (Wildman–Crippen MR) is 78.8 cm³/mol. The Labute approximate surface area is 119 Å². The third-order valence-corrected chi connectivity index (χ3v) is 4.13. The fraction of sp³-hybridized carbons (Fsp3) is 0.533. The van der Waals surface area contributed by atoms with Crippen LogP contribution in [0.1, 0.15) is 38.3 Å². The van der Waals surface area contributed by atoms with Crippen LogP contribution in [0.25, 0.3) is 0 Å². The standard InChI is InChI=1S/C15H23N3O2/c1-11-15(2,8-9-20-11)17-13(10-14(16)18-19)12-6-4-3-5-7-12/h3-7,11,13,17,19H,8-10H2,1-2H3,(H2,16,18). The zero-order chi connectivity index (χ0) is 14.6. The SMILES string of the molecule is CC1OCCC1(C)NC(C/C(N)=N/O)c1ccccc1. The van der Waals surface area contributed by atoms with Crippen LogP contribution in [-0.2, 0) is 4.74 Å². The van der Waals surface area contributed by atoms with Gasteiger partial charge in [0.25, 0.3) is 0 Å². The first-order chi connectivity index (χ1) is 9.55. The molecule has 110 valence electrons. The number of amidine groups is 1. The van der Waals surface area contributed by atoms with Gasteiger partial charge in [0.2, 0.25) is 0 Å². The lowest BCUT2D eigenvalue weighted by atomic mass is 9.91. The van der Waals surface area contributed by atoms with Crippen molar-refractivity contribution in [3.8, 4) is 0 Å². The number of hydrogen-bond donors (Lipinski definition) is 3. The molecule has 1 aliphatic heterocycles. The van der Waals surface area contributed by atoms with Gasteiger partial charge in [0.05, 0.1) is 6.10 Å². The number of rotatable bonds is 5. The van der Waals surface area contributed by atoms with E-state index in [-0.39, 0.29) is 23.5 Å². The third kappa shape index (κ3) is 3.29. The van der Waals surface area contributed by atoms with Gasteiger partial charge in [-0.15, -0.1) is 0 Å². The van der Waals surface area contributed by atoms with Gasteiger partial charge in [-0.05, 0) is 25.8 Å². The summed E-state index contributed by atoms with van der Waals surface area (Å²) in [4.78, 5) is 0. The lowest BCUT2D eigenvalue weighted by molar-refractivity contribution is 0.0843. The molecule has 1 fully saturated rings. The van der Waals surface area contributed by atoms with E-state index < -0.39 is 0 Å². The van der Waals surface area contributed by atoms with E-state index in [9.17, 15) is 0 Å². The van der Waals surface area contributed by atoms with Gasteiger partial charge in [0, 0.05) is 24.6 Å². The van der Waals surface area contributed by atoms with Gasteiger partial charge in [-0.1, -0.05) is 35.5 Å². The highest BCUT2D eigenvalue weighted by Crippen LogP contribution is 2.29. The maximum atomic E-state index is 8.82. The van der Waals surface area contributed by atoms with Crippen molar-refractivity contribution in [2.75, 3.05) is 6.61 Å². The molecular weight excluding hydrogens is 254 g/mol. The number of ether oxygens (including phenoxy) is 1. The van der Waals surface area contributed by atoms with Crippen molar-refractivity contribution in [2.45, 2.75) is 44.4 Å². The molecule has 1 heterocycles. The number of nitrogens with one attached hydrogen (secondary N) is 1. The van der Waals surface area contributed by atoms with E-state index in [1.165, 1.54) is 0 Å². The van der Waals surface area contributed by atoms with Crippen LogP contribution in [0, 0.1) is 0 Å².